The Kier molecular flexibility index (Phi) is 7.24. The minimum Gasteiger partial charge on any atom is -0.497 e. The molecule has 0 aliphatic carbocycles. The molecule has 0 radical (unpaired) electrons. The Balaban J connectivity index is 1.89. The van der Waals surface area contributed by atoms with E-state index in [0.29, 0.717) is 30.2 Å². The van der Waals surface area contributed by atoms with E-state index < -0.39 is 10.0 Å². The average molecular weight is 386 g/mol. The SMILES string of the molecule is CC[NH+]1CCN(S(=O)(=O)CCNC(=O)c2cc(OC)cc(OC)c2)CC1. The second-order valence-electron chi connectivity index (χ2n) is 6.18. The van der Waals surface area contributed by atoms with E-state index in [1.165, 1.54) is 23.4 Å². The highest BCUT2D eigenvalue weighted by Gasteiger charge is 2.28. The Hall–Kier alpha value is -1.84. The highest BCUT2D eigenvalue weighted by Crippen LogP contribution is 2.22. The third-order valence-corrected chi connectivity index (χ3v) is 6.45. The molecule has 1 heterocycles. The smallest absolute Gasteiger partial charge is 0.251 e. The summed E-state index contributed by atoms with van der Waals surface area (Å²) in [6.07, 6.45) is 0. The van der Waals surface area contributed by atoms with Crippen molar-refractivity contribution >= 4 is 15.9 Å². The zero-order chi connectivity index (χ0) is 19.2. The van der Waals surface area contributed by atoms with E-state index in [4.69, 9.17) is 9.47 Å². The Morgan fingerprint density at radius 1 is 1.15 bits per heavy atom. The molecule has 9 heteroatoms. The Morgan fingerprint density at radius 2 is 1.73 bits per heavy atom. The van der Waals surface area contributed by atoms with Gasteiger partial charge < -0.3 is 19.7 Å². The standard InChI is InChI=1S/C17H27N3O5S/c1-4-19-6-8-20(9-7-19)26(22,23)10-5-18-17(21)14-11-15(24-2)13-16(12-14)25-3/h11-13H,4-10H2,1-3H3,(H,18,21)/p+1. The number of likely N-dealkylation sites (N-methyl/N-ethyl adjacent to an activating group) is 1. The molecular formula is C17H28N3O5S+. The van der Waals surface area contributed by atoms with E-state index in [0.717, 1.165) is 19.6 Å². The first-order chi connectivity index (χ1) is 12.4. The monoisotopic (exact) mass is 386 g/mol. The third-order valence-electron chi connectivity index (χ3n) is 4.58. The Bertz CT molecular complexity index is 693. The number of sulfonamides is 1. The number of carbonyl (C=O) groups is 1. The normalized spacial score (nSPS) is 16.3. The van der Waals surface area contributed by atoms with Crippen molar-refractivity contribution in [1.82, 2.24) is 9.62 Å². The van der Waals surface area contributed by atoms with Crippen LogP contribution in [0.2, 0.25) is 0 Å². The maximum atomic E-state index is 12.4. The fourth-order valence-corrected chi connectivity index (χ4v) is 4.25. The molecule has 1 fully saturated rings. The summed E-state index contributed by atoms with van der Waals surface area (Å²) in [7, 11) is -0.357. The highest BCUT2D eigenvalue weighted by atomic mass is 32.2. The Morgan fingerprint density at radius 3 is 2.23 bits per heavy atom. The molecule has 8 nitrogen and oxygen atoms in total. The lowest BCUT2D eigenvalue weighted by atomic mass is 10.2. The highest BCUT2D eigenvalue weighted by molar-refractivity contribution is 7.89. The van der Waals surface area contributed by atoms with E-state index in [-0.39, 0.29) is 18.2 Å². The van der Waals surface area contributed by atoms with E-state index >= 15 is 0 Å². The van der Waals surface area contributed by atoms with Crippen LogP contribution in [0, 0.1) is 0 Å². The lowest BCUT2D eigenvalue weighted by Crippen LogP contribution is -3.14. The number of nitrogens with one attached hydrogen (secondary N) is 2. The zero-order valence-corrected chi connectivity index (χ0v) is 16.4. The molecule has 1 aromatic carbocycles. The topological polar surface area (TPSA) is 89.4 Å². The summed E-state index contributed by atoms with van der Waals surface area (Å²) in [6, 6.07) is 4.83. The van der Waals surface area contributed by atoms with Crippen LogP contribution in [-0.2, 0) is 10.0 Å². The minimum absolute atomic E-state index is 0.0571. The summed E-state index contributed by atoms with van der Waals surface area (Å²) in [5, 5.41) is 2.66. The zero-order valence-electron chi connectivity index (χ0n) is 15.6. The van der Waals surface area contributed by atoms with Crippen LogP contribution in [0.25, 0.3) is 0 Å². The second kappa shape index (κ2) is 9.20. The van der Waals surface area contributed by atoms with Crippen LogP contribution < -0.4 is 19.7 Å². The van der Waals surface area contributed by atoms with Gasteiger partial charge in [-0.05, 0) is 19.1 Å². The predicted molar refractivity (Wildman–Crippen MR) is 98.5 cm³/mol. The average Bonchev–Trinajstić information content (AvgIpc) is 2.67. The molecule has 2 rings (SSSR count). The summed E-state index contributed by atoms with van der Waals surface area (Å²) < 4.78 is 36.6. The third kappa shape index (κ3) is 5.33. The van der Waals surface area contributed by atoms with Crippen LogP contribution in [0.15, 0.2) is 18.2 Å². The van der Waals surface area contributed by atoms with Gasteiger partial charge in [0.15, 0.2) is 0 Å². The van der Waals surface area contributed by atoms with Crippen molar-refractivity contribution in [3.05, 3.63) is 23.8 Å². The number of quaternary nitrogens is 1. The molecule has 0 aromatic heterocycles. The van der Waals surface area contributed by atoms with E-state index in [1.807, 2.05) is 0 Å². The molecule has 26 heavy (non-hydrogen) atoms. The molecule has 1 amide bonds. The van der Waals surface area contributed by atoms with Crippen molar-refractivity contribution in [1.29, 1.82) is 0 Å². The number of piperazine rings is 1. The van der Waals surface area contributed by atoms with E-state index in [1.54, 1.807) is 18.2 Å². The predicted octanol–water partition coefficient (Wildman–Crippen LogP) is -1.02. The van der Waals surface area contributed by atoms with Crippen molar-refractivity contribution in [3.63, 3.8) is 0 Å². The minimum atomic E-state index is -3.36. The van der Waals surface area contributed by atoms with Gasteiger partial charge in [-0.2, -0.15) is 4.31 Å². The van der Waals surface area contributed by atoms with Crippen LogP contribution in [-0.4, -0.2) is 77.9 Å². The molecule has 2 N–H and O–H groups in total. The molecule has 1 aromatic rings. The van der Waals surface area contributed by atoms with Gasteiger partial charge in [-0.15, -0.1) is 0 Å². The van der Waals surface area contributed by atoms with E-state index in [2.05, 4.69) is 12.2 Å². The number of carbonyl (C=O) groups excluding carboxylic acids is 1. The number of ether oxygens (including phenoxy) is 2. The lowest BCUT2D eigenvalue weighted by Gasteiger charge is -2.30. The maximum absolute atomic E-state index is 12.4. The number of rotatable bonds is 8. The van der Waals surface area contributed by atoms with Crippen LogP contribution in [0.5, 0.6) is 11.5 Å². The first-order valence-corrected chi connectivity index (χ1v) is 10.3. The van der Waals surface area contributed by atoms with Crippen LogP contribution >= 0.6 is 0 Å². The maximum Gasteiger partial charge on any atom is 0.251 e. The van der Waals surface area contributed by atoms with Gasteiger partial charge in [0.25, 0.3) is 5.91 Å². The van der Waals surface area contributed by atoms with Crippen LogP contribution in [0.3, 0.4) is 0 Å². The number of nitrogens with zero attached hydrogens (tertiary/aromatic N) is 1. The van der Waals surface area contributed by atoms with Gasteiger partial charge in [0.2, 0.25) is 10.0 Å². The number of hydrogen-bond acceptors (Lipinski definition) is 5. The molecule has 146 valence electrons. The summed E-state index contributed by atoms with van der Waals surface area (Å²) in [5.41, 5.74) is 0.360. The first kappa shape index (κ1) is 20.5. The largest absolute Gasteiger partial charge is 0.497 e. The lowest BCUT2D eigenvalue weighted by molar-refractivity contribution is -0.901. The molecule has 0 spiro atoms. The number of methoxy groups -OCH3 is 2. The summed E-state index contributed by atoms with van der Waals surface area (Å²) in [6.45, 7) is 5.88. The van der Waals surface area contributed by atoms with Crippen molar-refractivity contribution < 1.29 is 27.6 Å². The molecule has 0 unspecified atom stereocenters. The molecule has 1 aliphatic rings. The van der Waals surface area contributed by atoms with Gasteiger partial charge in [0.05, 0.1) is 52.7 Å². The van der Waals surface area contributed by atoms with Gasteiger partial charge in [0, 0.05) is 18.2 Å². The van der Waals surface area contributed by atoms with Gasteiger partial charge in [-0.3, -0.25) is 4.79 Å². The first-order valence-electron chi connectivity index (χ1n) is 8.72. The second-order valence-corrected chi connectivity index (χ2v) is 8.26. The molecule has 1 aliphatic heterocycles. The Labute approximate surface area is 155 Å². The number of amides is 1. The fraction of sp³-hybridized carbons (Fsp3) is 0.588. The summed E-state index contributed by atoms with van der Waals surface area (Å²) in [4.78, 5) is 13.7. The number of hydrogen-bond donors (Lipinski definition) is 2. The number of benzene rings is 1. The molecule has 0 atom stereocenters. The van der Waals surface area contributed by atoms with Crippen molar-refractivity contribution in [2.75, 3.05) is 59.2 Å². The van der Waals surface area contributed by atoms with Crippen molar-refractivity contribution in [2.24, 2.45) is 0 Å². The van der Waals surface area contributed by atoms with Crippen molar-refractivity contribution in [3.8, 4) is 11.5 Å². The quantitative estimate of drug-likeness (QED) is 0.597. The van der Waals surface area contributed by atoms with Gasteiger partial charge in [-0.1, -0.05) is 0 Å². The molecular weight excluding hydrogens is 358 g/mol. The summed E-state index contributed by atoms with van der Waals surface area (Å²) >= 11 is 0. The van der Waals surface area contributed by atoms with Crippen LogP contribution in [0.1, 0.15) is 17.3 Å². The van der Waals surface area contributed by atoms with Crippen LogP contribution in [0.4, 0.5) is 0 Å². The van der Waals surface area contributed by atoms with Crippen molar-refractivity contribution in [2.45, 2.75) is 6.92 Å². The van der Waals surface area contributed by atoms with E-state index in [9.17, 15) is 13.2 Å². The summed E-state index contributed by atoms with van der Waals surface area (Å²) in [5.74, 6) is 0.524. The van der Waals surface area contributed by atoms with Gasteiger partial charge in [0.1, 0.15) is 11.5 Å². The fourth-order valence-electron chi connectivity index (χ4n) is 2.90. The van der Waals surface area contributed by atoms with Gasteiger partial charge >= 0.3 is 0 Å². The molecule has 1 saturated heterocycles. The molecule has 0 bridgehead atoms. The molecule has 0 saturated carbocycles. The van der Waals surface area contributed by atoms with Gasteiger partial charge in [-0.25, -0.2) is 8.42 Å².